The maximum Gasteiger partial charge on any atom is 0.328 e. The lowest BCUT2D eigenvalue weighted by Gasteiger charge is -2.32. The van der Waals surface area contributed by atoms with Gasteiger partial charge in [-0.2, -0.15) is 0 Å². The van der Waals surface area contributed by atoms with Crippen molar-refractivity contribution in [2.45, 2.75) is 25.8 Å². The predicted molar refractivity (Wildman–Crippen MR) is 69.0 cm³/mol. The molecule has 0 aromatic carbocycles. The zero-order valence-corrected chi connectivity index (χ0v) is 11.3. The van der Waals surface area contributed by atoms with Crippen molar-refractivity contribution in [1.29, 1.82) is 0 Å². The zero-order chi connectivity index (χ0) is 14.5. The molecule has 0 radical (unpaired) electrons. The van der Waals surface area contributed by atoms with E-state index < -0.39 is 12.0 Å². The van der Waals surface area contributed by atoms with Crippen molar-refractivity contribution in [1.82, 2.24) is 14.9 Å². The minimum Gasteiger partial charge on any atom is -0.480 e. The van der Waals surface area contributed by atoms with E-state index in [4.69, 9.17) is 9.84 Å². The Labute approximate surface area is 116 Å². The number of hydrogen-bond donors (Lipinski definition) is 1. The van der Waals surface area contributed by atoms with Crippen molar-refractivity contribution in [2.24, 2.45) is 0 Å². The normalized spacial score (nSPS) is 18.9. The summed E-state index contributed by atoms with van der Waals surface area (Å²) in [5, 5.41) is 9.08. The lowest BCUT2D eigenvalue weighted by Crippen LogP contribution is -2.52. The predicted octanol–water partition coefficient (Wildman–Crippen LogP) is 0.0296. The van der Waals surface area contributed by atoms with Crippen LogP contribution in [0.1, 0.15) is 17.9 Å². The Kier molecular flexibility index (Phi) is 4.62. The minimum atomic E-state index is -1.03. The first-order valence-corrected chi connectivity index (χ1v) is 6.46. The van der Waals surface area contributed by atoms with Gasteiger partial charge in [-0.05, 0) is 19.4 Å². The van der Waals surface area contributed by atoms with Gasteiger partial charge < -0.3 is 14.7 Å². The van der Waals surface area contributed by atoms with Gasteiger partial charge >= 0.3 is 5.97 Å². The second kappa shape index (κ2) is 6.42. The van der Waals surface area contributed by atoms with E-state index in [0.29, 0.717) is 25.4 Å². The molecular formula is C13H17N3O4. The fourth-order valence-electron chi connectivity index (χ4n) is 2.13. The third kappa shape index (κ3) is 3.51. The van der Waals surface area contributed by atoms with Crippen LogP contribution in [0, 0.1) is 6.92 Å². The van der Waals surface area contributed by atoms with E-state index in [-0.39, 0.29) is 18.9 Å². The van der Waals surface area contributed by atoms with Gasteiger partial charge in [0.2, 0.25) is 5.91 Å². The van der Waals surface area contributed by atoms with E-state index in [1.807, 2.05) is 0 Å². The highest BCUT2D eigenvalue weighted by atomic mass is 16.5. The number of aryl methyl sites for hydroxylation is 2. The summed E-state index contributed by atoms with van der Waals surface area (Å²) in [5.74, 6) is -0.558. The molecule has 2 rings (SSSR count). The molecule has 1 unspecified atom stereocenters. The molecule has 1 aromatic heterocycles. The SMILES string of the molecule is Cc1nccc(CCC(=O)N2CCOCC2C(=O)O)n1. The fourth-order valence-corrected chi connectivity index (χ4v) is 2.13. The quantitative estimate of drug-likeness (QED) is 0.836. The van der Waals surface area contributed by atoms with Gasteiger partial charge in [0.15, 0.2) is 6.04 Å². The van der Waals surface area contributed by atoms with Crippen molar-refractivity contribution >= 4 is 11.9 Å². The highest BCUT2D eigenvalue weighted by molar-refractivity contribution is 5.84. The lowest BCUT2D eigenvalue weighted by molar-refractivity contribution is -0.158. The first-order valence-electron chi connectivity index (χ1n) is 6.46. The maximum atomic E-state index is 12.1. The Balaban J connectivity index is 1.95. The number of carbonyl (C=O) groups excluding carboxylic acids is 1. The summed E-state index contributed by atoms with van der Waals surface area (Å²) in [6.45, 7) is 2.53. The summed E-state index contributed by atoms with van der Waals surface area (Å²) in [6.07, 6.45) is 2.36. The Morgan fingerprint density at radius 3 is 3.05 bits per heavy atom. The van der Waals surface area contributed by atoms with Crippen LogP contribution in [0.15, 0.2) is 12.3 Å². The van der Waals surface area contributed by atoms with Crippen molar-refractivity contribution < 1.29 is 19.4 Å². The number of rotatable bonds is 4. The van der Waals surface area contributed by atoms with Crippen LogP contribution in [0.4, 0.5) is 0 Å². The first-order chi connectivity index (χ1) is 9.58. The van der Waals surface area contributed by atoms with Gasteiger partial charge in [-0.15, -0.1) is 0 Å². The smallest absolute Gasteiger partial charge is 0.328 e. The first kappa shape index (κ1) is 14.4. The molecule has 1 atom stereocenters. The van der Waals surface area contributed by atoms with Gasteiger partial charge in [-0.3, -0.25) is 4.79 Å². The van der Waals surface area contributed by atoms with Gasteiger partial charge in [0.25, 0.3) is 0 Å². The van der Waals surface area contributed by atoms with Gasteiger partial charge in [0.05, 0.1) is 13.2 Å². The number of ether oxygens (including phenoxy) is 1. The Morgan fingerprint density at radius 2 is 2.35 bits per heavy atom. The number of nitrogens with zero attached hydrogens (tertiary/aromatic N) is 3. The van der Waals surface area contributed by atoms with Gasteiger partial charge in [-0.1, -0.05) is 0 Å². The molecule has 1 fully saturated rings. The zero-order valence-electron chi connectivity index (χ0n) is 11.3. The highest BCUT2D eigenvalue weighted by Crippen LogP contribution is 2.11. The topological polar surface area (TPSA) is 92.6 Å². The largest absolute Gasteiger partial charge is 0.480 e. The second-order valence-corrected chi connectivity index (χ2v) is 4.61. The molecule has 0 spiro atoms. The van der Waals surface area contributed by atoms with Crippen LogP contribution in [0.3, 0.4) is 0 Å². The van der Waals surface area contributed by atoms with E-state index in [1.54, 1.807) is 19.2 Å². The fraction of sp³-hybridized carbons (Fsp3) is 0.538. The number of carboxylic acid groups (broad SMARTS) is 1. The molecule has 1 aromatic rings. The summed E-state index contributed by atoms with van der Waals surface area (Å²) in [7, 11) is 0. The second-order valence-electron chi connectivity index (χ2n) is 4.61. The molecule has 1 aliphatic heterocycles. The van der Waals surface area contributed by atoms with Crippen LogP contribution in [0.2, 0.25) is 0 Å². The van der Waals surface area contributed by atoms with Gasteiger partial charge in [-0.25, -0.2) is 14.8 Å². The highest BCUT2D eigenvalue weighted by Gasteiger charge is 2.32. The van der Waals surface area contributed by atoms with Crippen molar-refractivity contribution in [3.8, 4) is 0 Å². The Hall–Kier alpha value is -2.02. The van der Waals surface area contributed by atoms with E-state index in [0.717, 1.165) is 5.69 Å². The number of aliphatic carboxylic acids is 1. The molecule has 7 nitrogen and oxygen atoms in total. The van der Waals surface area contributed by atoms with Gasteiger partial charge in [0.1, 0.15) is 5.82 Å². The summed E-state index contributed by atoms with van der Waals surface area (Å²) in [4.78, 5) is 32.8. The number of aromatic nitrogens is 2. The number of carboxylic acids is 1. The van der Waals surface area contributed by atoms with Crippen LogP contribution in [0.25, 0.3) is 0 Å². The third-order valence-electron chi connectivity index (χ3n) is 3.16. The van der Waals surface area contributed by atoms with E-state index >= 15 is 0 Å². The van der Waals surface area contributed by atoms with Crippen LogP contribution in [-0.2, 0) is 20.7 Å². The molecule has 108 valence electrons. The molecule has 20 heavy (non-hydrogen) atoms. The minimum absolute atomic E-state index is 0.0493. The molecule has 2 heterocycles. The van der Waals surface area contributed by atoms with E-state index in [2.05, 4.69) is 9.97 Å². The number of morpholine rings is 1. The van der Waals surface area contributed by atoms with Gasteiger partial charge in [0, 0.05) is 24.9 Å². The summed E-state index contributed by atoms with van der Waals surface area (Å²) < 4.78 is 5.11. The van der Waals surface area contributed by atoms with Crippen LogP contribution in [-0.4, -0.2) is 57.7 Å². The number of amides is 1. The molecule has 1 aliphatic rings. The van der Waals surface area contributed by atoms with Crippen LogP contribution < -0.4 is 0 Å². The lowest BCUT2D eigenvalue weighted by atomic mass is 10.1. The maximum absolute atomic E-state index is 12.1. The van der Waals surface area contributed by atoms with E-state index in [9.17, 15) is 9.59 Å². The Morgan fingerprint density at radius 1 is 1.55 bits per heavy atom. The van der Waals surface area contributed by atoms with Crippen LogP contribution >= 0.6 is 0 Å². The summed E-state index contributed by atoms with van der Waals surface area (Å²) >= 11 is 0. The third-order valence-corrected chi connectivity index (χ3v) is 3.16. The standard InChI is InChI=1S/C13H17N3O4/c1-9-14-5-4-10(15-9)2-3-12(17)16-6-7-20-8-11(16)13(18)19/h4-5,11H,2-3,6-8H2,1H3,(H,18,19). The van der Waals surface area contributed by atoms with Crippen LogP contribution in [0.5, 0.6) is 0 Å². The monoisotopic (exact) mass is 279 g/mol. The van der Waals surface area contributed by atoms with E-state index in [1.165, 1.54) is 4.90 Å². The summed E-state index contributed by atoms with van der Waals surface area (Å²) in [5.41, 5.74) is 0.783. The molecule has 0 bridgehead atoms. The molecule has 1 amide bonds. The molecular weight excluding hydrogens is 262 g/mol. The number of carbonyl (C=O) groups is 2. The summed E-state index contributed by atoms with van der Waals surface area (Å²) in [6, 6.07) is 0.872. The molecule has 0 saturated carbocycles. The molecule has 1 N–H and O–H groups in total. The average molecular weight is 279 g/mol. The molecule has 0 aliphatic carbocycles. The molecule has 7 heteroatoms. The van der Waals surface area contributed by atoms with Crippen molar-refractivity contribution in [3.63, 3.8) is 0 Å². The number of hydrogen-bond acceptors (Lipinski definition) is 5. The molecule has 1 saturated heterocycles. The van der Waals surface area contributed by atoms with Crippen molar-refractivity contribution in [2.75, 3.05) is 19.8 Å². The average Bonchev–Trinajstić information content (AvgIpc) is 2.45. The van der Waals surface area contributed by atoms with Crippen molar-refractivity contribution in [3.05, 3.63) is 23.8 Å². The Bertz CT molecular complexity index is 506.